The summed E-state index contributed by atoms with van der Waals surface area (Å²) in [6.45, 7) is 1.16. The third-order valence-corrected chi connectivity index (χ3v) is 3.50. The molecule has 0 saturated carbocycles. The molecule has 0 radical (unpaired) electrons. The molecule has 1 rings (SSSR count). The van der Waals surface area contributed by atoms with Crippen molar-refractivity contribution in [3.8, 4) is 5.06 Å². The first kappa shape index (κ1) is 15.6. The number of thiophene rings is 1. The van der Waals surface area contributed by atoms with E-state index in [0.717, 1.165) is 17.4 Å². The summed E-state index contributed by atoms with van der Waals surface area (Å²) in [6.07, 6.45) is 0. The number of ketones is 1. The number of esters is 1. The molecule has 0 N–H and O–H groups in total. The van der Waals surface area contributed by atoms with Crippen molar-refractivity contribution in [2.45, 2.75) is 11.8 Å². The number of Topliss-reactive ketones (excluding diaryl/α,β-unsaturated/α-hetero) is 1. The maximum absolute atomic E-state index is 11.7. The first-order valence-electron chi connectivity index (χ1n) is 5.03. The van der Waals surface area contributed by atoms with Gasteiger partial charge >= 0.3 is 11.7 Å². The molecule has 0 aliphatic carbocycles. The predicted molar refractivity (Wildman–Crippen MR) is 71.2 cm³/mol. The molecule has 104 valence electrons. The summed E-state index contributed by atoms with van der Waals surface area (Å²) in [6, 6.07) is 1.14. The van der Waals surface area contributed by atoms with Crippen LogP contribution in [0.4, 0.5) is 5.69 Å². The van der Waals surface area contributed by atoms with Crippen LogP contribution >= 0.6 is 27.3 Å². The van der Waals surface area contributed by atoms with Crippen LogP contribution < -0.4 is 4.74 Å². The van der Waals surface area contributed by atoms with Crippen LogP contribution in [0.5, 0.6) is 5.06 Å². The number of nitrogens with zero attached hydrogens (tertiary/aromatic N) is 1. The molecule has 1 unspecified atom stereocenters. The van der Waals surface area contributed by atoms with Crippen LogP contribution in [0, 0.1) is 10.1 Å². The zero-order chi connectivity index (χ0) is 14.6. The van der Waals surface area contributed by atoms with Gasteiger partial charge in [-0.15, -0.1) is 0 Å². The molecule has 1 aromatic heterocycles. The molecule has 19 heavy (non-hydrogen) atoms. The van der Waals surface area contributed by atoms with Gasteiger partial charge in [0.05, 0.1) is 21.7 Å². The average Bonchev–Trinajstić information content (AvgIpc) is 2.78. The van der Waals surface area contributed by atoms with E-state index in [2.05, 4.69) is 20.7 Å². The van der Waals surface area contributed by atoms with E-state index in [0.29, 0.717) is 0 Å². The third kappa shape index (κ3) is 4.00. The van der Waals surface area contributed by atoms with E-state index in [1.165, 1.54) is 7.11 Å². The molecule has 0 amide bonds. The summed E-state index contributed by atoms with van der Waals surface area (Å²) in [7, 11) is 1.18. The molecule has 9 heteroatoms. The third-order valence-electron chi connectivity index (χ3n) is 2.03. The Labute approximate surface area is 120 Å². The minimum Gasteiger partial charge on any atom is -0.467 e. The summed E-state index contributed by atoms with van der Waals surface area (Å²) < 4.78 is 9.36. The number of carbonyl (C=O) groups excluding carboxylic acids is 2. The fraction of sp³-hybridized carbons (Fsp3) is 0.400. The van der Waals surface area contributed by atoms with Crippen molar-refractivity contribution in [3.63, 3.8) is 0 Å². The minimum atomic E-state index is -0.668. The molecule has 1 aromatic rings. The quantitative estimate of drug-likeness (QED) is 0.256. The summed E-state index contributed by atoms with van der Waals surface area (Å²) >= 11 is 3.92. The Bertz CT molecular complexity index is 512. The largest absolute Gasteiger partial charge is 0.467 e. The number of nitro groups is 1. The Morgan fingerprint density at radius 2 is 2.21 bits per heavy atom. The Kier molecular flexibility index (Phi) is 5.43. The van der Waals surface area contributed by atoms with Gasteiger partial charge in [0.1, 0.15) is 0 Å². The highest BCUT2D eigenvalue weighted by Crippen LogP contribution is 2.37. The molecule has 0 aliphatic rings. The second-order valence-electron chi connectivity index (χ2n) is 3.39. The van der Waals surface area contributed by atoms with Gasteiger partial charge < -0.3 is 9.47 Å². The van der Waals surface area contributed by atoms with Crippen molar-refractivity contribution in [2.24, 2.45) is 0 Å². The highest BCUT2D eigenvalue weighted by Gasteiger charge is 2.26. The monoisotopic (exact) mass is 351 g/mol. The number of alkyl halides is 1. The van der Waals surface area contributed by atoms with E-state index in [1.54, 1.807) is 6.92 Å². The van der Waals surface area contributed by atoms with Crippen LogP contribution in [0.25, 0.3) is 0 Å². The van der Waals surface area contributed by atoms with Crippen LogP contribution in [0.2, 0.25) is 0 Å². The lowest BCUT2D eigenvalue weighted by Gasteiger charge is -2.01. The van der Waals surface area contributed by atoms with E-state index >= 15 is 0 Å². The van der Waals surface area contributed by atoms with Gasteiger partial charge in [-0.25, -0.2) is 4.79 Å². The highest BCUT2D eigenvalue weighted by atomic mass is 79.9. The molecule has 1 heterocycles. The van der Waals surface area contributed by atoms with Gasteiger partial charge in [0.15, 0.2) is 12.4 Å². The topological polar surface area (TPSA) is 95.7 Å². The van der Waals surface area contributed by atoms with E-state index < -0.39 is 22.3 Å². The molecule has 0 spiro atoms. The predicted octanol–water partition coefficient (Wildman–Crippen LogP) is 2.17. The lowest BCUT2D eigenvalue weighted by molar-refractivity contribution is -0.385. The summed E-state index contributed by atoms with van der Waals surface area (Å²) in [5.74, 6) is -0.953. The van der Waals surface area contributed by atoms with Crippen LogP contribution in [-0.2, 0) is 9.53 Å². The standard InChI is InChI=1S/C10H10BrNO6S/c1-5(11)9(14)7-3-6(12(15)16)10(19-7)18-4-8(13)17-2/h3,5H,4H2,1-2H3. The number of halogens is 1. The SMILES string of the molecule is COC(=O)COc1sc(C(=O)C(C)Br)cc1[N+](=O)[O-]. The van der Waals surface area contributed by atoms with Crippen LogP contribution in [0.15, 0.2) is 6.07 Å². The van der Waals surface area contributed by atoms with Crippen molar-refractivity contribution in [2.75, 3.05) is 13.7 Å². The molecule has 0 saturated heterocycles. The van der Waals surface area contributed by atoms with Gasteiger partial charge in [-0.2, -0.15) is 0 Å². The molecule has 0 fully saturated rings. The van der Waals surface area contributed by atoms with Crippen molar-refractivity contribution in [1.82, 2.24) is 0 Å². The number of methoxy groups -OCH3 is 1. The molecule has 0 bridgehead atoms. The fourth-order valence-electron chi connectivity index (χ4n) is 1.10. The van der Waals surface area contributed by atoms with Crippen molar-refractivity contribution < 1.29 is 24.0 Å². The zero-order valence-corrected chi connectivity index (χ0v) is 12.4. The zero-order valence-electron chi connectivity index (χ0n) is 10.0. The fourth-order valence-corrected chi connectivity index (χ4v) is 2.50. The van der Waals surface area contributed by atoms with Crippen LogP contribution in [-0.4, -0.2) is 35.2 Å². The molecule has 0 aliphatic heterocycles. The Morgan fingerprint density at radius 3 is 2.68 bits per heavy atom. The molecular weight excluding hydrogens is 342 g/mol. The molecular formula is C10H10BrNO6S. The molecule has 0 aromatic carbocycles. The van der Waals surface area contributed by atoms with Gasteiger partial charge in [0.2, 0.25) is 0 Å². The van der Waals surface area contributed by atoms with Crippen molar-refractivity contribution in [1.29, 1.82) is 0 Å². The molecule has 1 atom stereocenters. The van der Waals surface area contributed by atoms with E-state index in [1.807, 2.05) is 0 Å². The summed E-state index contributed by atoms with van der Waals surface area (Å²) in [4.78, 5) is 32.5. The summed E-state index contributed by atoms with van der Waals surface area (Å²) in [5.41, 5.74) is -0.342. The van der Waals surface area contributed by atoms with Gasteiger partial charge in [-0.05, 0) is 6.92 Å². The Hall–Kier alpha value is -1.48. The minimum absolute atomic E-state index is 0.0908. The Balaban J connectivity index is 2.99. The van der Waals surface area contributed by atoms with E-state index in [9.17, 15) is 19.7 Å². The number of hydrogen-bond acceptors (Lipinski definition) is 7. The summed E-state index contributed by atoms with van der Waals surface area (Å²) in [5, 5.41) is 10.7. The number of hydrogen-bond donors (Lipinski definition) is 0. The van der Waals surface area contributed by atoms with Crippen molar-refractivity contribution >= 4 is 44.7 Å². The average molecular weight is 352 g/mol. The van der Waals surface area contributed by atoms with E-state index in [4.69, 9.17) is 4.74 Å². The number of carbonyl (C=O) groups is 2. The lowest BCUT2D eigenvalue weighted by atomic mass is 10.2. The highest BCUT2D eigenvalue weighted by molar-refractivity contribution is 9.10. The van der Waals surface area contributed by atoms with Crippen molar-refractivity contribution in [3.05, 3.63) is 21.1 Å². The second kappa shape index (κ2) is 6.62. The van der Waals surface area contributed by atoms with Gasteiger partial charge in [0.25, 0.3) is 5.06 Å². The Morgan fingerprint density at radius 1 is 1.58 bits per heavy atom. The van der Waals surface area contributed by atoms with Gasteiger partial charge in [-0.1, -0.05) is 27.3 Å². The van der Waals surface area contributed by atoms with Gasteiger partial charge in [-0.3, -0.25) is 14.9 Å². The van der Waals surface area contributed by atoms with E-state index in [-0.39, 0.29) is 21.4 Å². The maximum Gasteiger partial charge on any atom is 0.343 e. The number of rotatable bonds is 6. The first-order chi connectivity index (χ1) is 8.86. The normalized spacial score (nSPS) is 11.7. The number of ether oxygens (including phenoxy) is 2. The second-order valence-corrected chi connectivity index (χ2v) is 5.77. The molecule has 7 nitrogen and oxygen atoms in total. The maximum atomic E-state index is 11.7. The lowest BCUT2D eigenvalue weighted by Crippen LogP contribution is -2.12. The first-order valence-corrected chi connectivity index (χ1v) is 6.76. The smallest absolute Gasteiger partial charge is 0.343 e. The van der Waals surface area contributed by atoms with Gasteiger partial charge in [0, 0.05) is 6.07 Å². The van der Waals surface area contributed by atoms with Crippen LogP contribution in [0.1, 0.15) is 16.6 Å². The van der Waals surface area contributed by atoms with Crippen LogP contribution in [0.3, 0.4) is 0 Å².